The van der Waals surface area contributed by atoms with Gasteiger partial charge in [-0.15, -0.1) is 11.3 Å². The highest BCUT2D eigenvalue weighted by molar-refractivity contribution is 7.92. The lowest BCUT2D eigenvalue weighted by Gasteiger charge is -2.08. The molecule has 2 aromatic carbocycles. The molecule has 0 atom stereocenters. The number of aryl methyl sites for hydroxylation is 1. The van der Waals surface area contributed by atoms with E-state index >= 15 is 0 Å². The second kappa shape index (κ2) is 6.89. The van der Waals surface area contributed by atoms with Crippen LogP contribution in [0.4, 0.5) is 10.1 Å². The lowest BCUT2D eigenvalue weighted by atomic mass is 10.2. The van der Waals surface area contributed by atoms with Crippen molar-refractivity contribution in [3.8, 4) is 10.4 Å². The highest BCUT2D eigenvalue weighted by atomic mass is 32.2. The van der Waals surface area contributed by atoms with E-state index < -0.39 is 21.8 Å². The van der Waals surface area contributed by atoms with Crippen LogP contribution in [0.3, 0.4) is 0 Å². The van der Waals surface area contributed by atoms with Crippen molar-refractivity contribution in [2.45, 2.75) is 11.8 Å². The summed E-state index contributed by atoms with van der Waals surface area (Å²) < 4.78 is 40.8. The first kappa shape index (κ1) is 18.1. The summed E-state index contributed by atoms with van der Waals surface area (Å²) >= 11 is 0.976. The number of sulfonamides is 1. The van der Waals surface area contributed by atoms with Gasteiger partial charge in [0.1, 0.15) is 10.7 Å². The van der Waals surface area contributed by atoms with Gasteiger partial charge in [0.05, 0.1) is 10.6 Å². The standard InChI is InChI=1S/C18H14FNO4S2/c1-11-9-13(7-8-14(11)19)26(23,24)20-15-10-16(25-17(15)18(21)22)12-5-3-2-4-6-12/h2-10,20H,1H3,(H,21,22). The average Bonchev–Trinajstić information content (AvgIpc) is 3.01. The number of rotatable bonds is 5. The summed E-state index contributed by atoms with van der Waals surface area (Å²) in [5.74, 6) is -1.75. The molecule has 5 nitrogen and oxygen atoms in total. The minimum atomic E-state index is -4.05. The third kappa shape index (κ3) is 3.61. The van der Waals surface area contributed by atoms with Crippen LogP contribution in [-0.2, 0) is 10.0 Å². The van der Waals surface area contributed by atoms with Crippen LogP contribution in [0.1, 0.15) is 15.2 Å². The Morgan fingerprint density at radius 2 is 1.81 bits per heavy atom. The lowest BCUT2D eigenvalue weighted by Crippen LogP contribution is -2.14. The van der Waals surface area contributed by atoms with Gasteiger partial charge >= 0.3 is 5.97 Å². The van der Waals surface area contributed by atoms with E-state index in [0.717, 1.165) is 29.0 Å². The molecule has 0 aliphatic carbocycles. The number of thiophene rings is 1. The van der Waals surface area contributed by atoms with Crippen LogP contribution < -0.4 is 4.72 Å². The molecule has 0 radical (unpaired) electrons. The maximum atomic E-state index is 13.4. The van der Waals surface area contributed by atoms with E-state index in [-0.39, 0.29) is 21.0 Å². The molecule has 0 saturated heterocycles. The molecular weight excluding hydrogens is 377 g/mol. The van der Waals surface area contributed by atoms with Crippen LogP contribution in [0.25, 0.3) is 10.4 Å². The average molecular weight is 391 g/mol. The summed E-state index contributed by atoms with van der Waals surface area (Å²) in [6.45, 7) is 1.45. The topological polar surface area (TPSA) is 83.5 Å². The van der Waals surface area contributed by atoms with Gasteiger partial charge in [-0.3, -0.25) is 4.72 Å². The molecule has 0 bridgehead atoms. The van der Waals surface area contributed by atoms with Gasteiger partial charge in [0.25, 0.3) is 10.0 Å². The van der Waals surface area contributed by atoms with E-state index in [4.69, 9.17) is 0 Å². The van der Waals surface area contributed by atoms with E-state index in [1.165, 1.54) is 19.1 Å². The van der Waals surface area contributed by atoms with Crippen LogP contribution in [-0.4, -0.2) is 19.5 Å². The molecule has 0 saturated carbocycles. The summed E-state index contributed by atoms with van der Waals surface area (Å²) in [5, 5.41) is 9.40. The Balaban J connectivity index is 2.02. The predicted molar refractivity (Wildman–Crippen MR) is 98.7 cm³/mol. The summed E-state index contributed by atoms with van der Waals surface area (Å²) in [5.41, 5.74) is 0.938. The summed E-state index contributed by atoms with van der Waals surface area (Å²) in [6, 6.07) is 13.9. The zero-order valence-corrected chi connectivity index (χ0v) is 15.2. The quantitative estimate of drug-likeness (QED) is 0.677. The maximum absolute atomic E-state index is 13.4. The molecule has 3 rings (SSSR count). The molecule has 2 N–H and O–H groups in total. The van der Waals surface area contributed by atoms with E-state index in [1.54, 1.807) is 24.3 Å². The number of aromatic carboxylic acids is 1. The van der Waals surface area contributed by atoms with Crippen molar-refractivity contribution in [1.82, 2.24) is 0 Å². The zero-order chi connectivity index (χ0) is 18.9. The molecule has 0 spiro atoms. The zero-order valence-electron chi connectivity index (χ0n) is 13.6. The normalized spacial score (nSPS) is 11.3. The smallest absolute Gasteiger partial charge is 0.348 e. The van der Waals surface area contributed by atoms with Crippen molar-refractivity contribution in [2.75, 3.05) is 4.72 Å². The molecule has 134 valence electrons. The molecule has 26 heavy (non-hydrogen) atoms. The highest BCUT2D eigenvalue weighted by Crippen LogP contribution is 2.36. The minimum Gasteiger partial charge on any atom is -0.477 e. The number of benzene rings is 2. The molecule has 3 aromatic rings. The Labute approximate surface area is 153 Å². The lowest BCUT2D eigenvalue weighted by molar-refractivity contribution is 0.0703. The van der Waals surface area contributed by atoms with E-state index in [0.29, 0.717) is 4.88 Å². The molecule has 8 heteroatoms. The van der Waals surface area contributed by atoms with Crippen LogP contribution >= 0.6 is 11.3 Å². The number of halogens is 1. The van der Waals surface area contributed by atoms with E-state index in [2.05, 4.69) is 4.72 Å². The number of nitrogens with one attached hydrogen (secondary N) is 1. The third-order valence-electron chi connectivity index (χ3n) is 3.67. The fraction of sp³-hybridized carbons (Fsp3) is 0.0556. The summed E-state index contributed by atoms with van der Waals surface area (Å²) in [7, 11) is -4.05. The number of hydrogen-bond donors (Lipinski definition) is 2. The molecule has 0 aliphatic heterocycles. The second-order valence-corrected chi connectivity index (χ2v) is 8.28. The predicted octanol–water partition coefficient (Wildman–Crippen LogP) is 4.36. The first-order chi connectivity index (χ1) is 12.3. The SMILES string of the molecule is Cc1cc(S(=O)(=O)Nc2cc(-c3ccccc3)sc2C(=O)O)ccc1F. The largest absolute Gasteiger partial charge is 0.477 e. The van der Waals surface area contributed by atoms with Gasteiger partial charge in [-0.2, -0.15) is 0 Å². The van der Waals surface area contributed by atoms with Crippen LogP contribution in [0, 0.1) is 12.7 Å². The van der Waals surface area contributed by atoms with E-state index in [1.807, 2.05) is 6.07 Å². The Kier molecular flexibility index (Phi) is 4.80. The van der Waals surface area contributed by atoms with Crippen molar-refractivity contribution < 1.29 is 22.7 Å². The fourth-order valence-corrected chi connectivity index (χ4v) is 4.53. The number of anilines is 1. The first-order valence-electron chi connectivity index (χ1n) is 7.49. The van der Waals surface area contributed by atoms with Crippen molar-refractivity contribution in [2.24, 2.45) is 0 Å². The Morgan fingerprint density at radius 1 is 1.12 bits per heavy atom. The van der Waals surface area contributed by atoms with Crippen molar-refractivity contribution >= 4 is 33.0 Å². The molecule has 0 aliphatic rings. The van der Waals surface area contributed by atoms with Crippen molar-refractivity contribution in [3.63, 3.8) is 0 Å². The van der Waals surface area contributed by atoms with Gasteiger partial charge in [0.15, 0.2) is 0 Å². The Bertz CT molecular complexity index is 1080. The summed E-state index contributed by atoms with van der Waals surface area (Å²) in [6.07, 6.45) is 0. The maximum Gasteiger partial charge on any atom is 0.348 e. The number of carboxylic acids is 1. The number of carboxylic acid groups (broad SMARTS) is 1. The van der Waals surface area contributed by atoms with Gasteiger partial charge in [0, 0.05) is 4.88 Å². The second-order valence-electron chi connectivity index (χ2n) is 5.54. The molecular formula is C18H14FNO4S2. The van der Waals surface area contributed by atoms with E-state index in [9.17, 15) is 22.7 Å². The number of hydrogen-bond acceptors (Lipinski definition) is 4. The van der Waals surface area contributed by atoms with Gasteiger partial charge in [0.2, 0.25) is 0 Å². The fourth-order valence-electron chi connectivity index (χ4n) is 2.36. The van der Waals surface area contributed by atoms with Crippen LogP contribution in [0.2, 0.25) is 0 Å². The van der Waals surface area contributed by atoms with Gasteiger partial charge in [-0.1, -0.05) is 30.3 Å². The molecule has 0 fully saturated rings. The molecule has 0 unspecified atom stereocenters. The Hall–Kier alpha value is -2.71. The number of carbonyl (C=O) groups is 1. The van der Waals surface area contributed by atoms with Crippen molar-refractivity contribution in [1.29, 1.82) is 0 Å². The van der Waals surface area contributed by atoms with Crippen LogP contribution in [0.15, 0.2) is 59.5 Å². The highest BCUT2D eigenvalue weighted by Gasteiger charge is 2.22. The third-order valence-corrected chi connectivity index (χ3v) is 6.20. The molecule has 0 amide bonds. The van der Waals surface area contributed by atoms with Gasteiger partial charge in [-0.05, 0) is 42.3 Å². The van der Waals surface area contributed by atoms with Gasteiger partial charge < -0.3 is 5.11 Å². The molecule has 1 aromatic heterocycles. The first-order valence-corrected chi connectivity index (χ1v) is 9.79. The molecule has 1 heterocycles. The Morgan fingerprint density at radius 3 is 2.42 bits per heavy atom. The van der Waals surface area contributed by atoms with Gasteiger partial charge in [-0.25, -0.2) is 17.6 Å². The monoisotopic (exact) mass is 391 g/mol. The summed E-state index contributed by atoms with van der Waals surface area (Å²) in [4.78, 5) is 11.9. The van der Waals surface area contributed by atoms with Crippen molar-refractivity contribution in [3.05, 3.63) is 70.9 Å². The van der Waals surface area contributed by atoms with Crippen LogP contribution in [0.5, 0.6) is 0 Å². The minimum absolute atomic E-state index is 0.0247.